The molecule has 0 saturated carbocycles. The van der Waals surface area contributed by atoms with Crippen molar-refractivity contribution in [2.24, 2.45) is 5.84 Å². The van der Waals surface area contributed by atoms with Crippen LogP contribution in [0.5, 0.6) is 0 Å². The van der Waals surface area contributed by atoms with E-state index in [4.69, 9.17) is 5.84 Å². The lowest BCUT2D eigenvalue weighted by molar-refractivity contribution is -0.136. The van der Waals surface area contributed by atoms with Gasteiger partial charge in [-0.2, -0.15) is 13.2 Å². The SMILES string of the molecule is NNC(CCC(F)(F)F)Cc1cc(F)ccc1F. The second-order valence-electron chi connectivity index (χ2n) is 3.96. The van der Waals surface area contributed by atoms with E-state index >= 15 is 0 Å². The van der Waals surface area contributed by atoms with Gasteiger partial charge >= 0.3 is 6.18 Å². The molecule has 0 saturated heterocycles. The van der Waals surface area contributed by atoms with Crippen LogP contribution in [-0.2, 0) is 6.42 Å². The number of hydrazine groups is 1. The van der Waals surface area contributed by atoms with Crippen LogP contribution in [-0.4, -0.2) is 12.2 Å². The molecule has 0 spiro atoms. The summed E-state index contributed by atoms with van der Waals surface area (Å²) in [4.78, 5) is 0. The van der Waals surface area contributed by atoms with Gasteiger partial charge in [-0.05, 0) is 36.6 Å². The van der Waals surface area contributed by atoms with Gasteiger partial charge in [0.1, 0.15) is 11.6 Å². The highest BCUT2D eigenvalue weighted by atomic mass is 19.4. The molecule has 0 fully saturated rings. The summed E-state index contributed by atoms with van der Waals surface area (Å²) in [5, 5.41) is 0. The Bertz CT molecular complexity index is 392. The first-order valence-corrected chi connectivity index (χ1v) is 5.28. The quantitative estimate of drug-likeness (QED) is 0.489. The predicted molar refractivity (Wildman–Crippen MR) is 56.5 cm³/mol. The van der Waals surface area contributed by atoms with Crippen molar-refractivity contribution in [3.05, 3.63) is 35.4 Å². The molecule has 0 bridgehead atoms. The minimum atomic E-state index is -4.30. The molecule has 3 N–H and O–H groups in total. The summed E-state index contributed by atoms with van der Waals surface area (Å²) in [5.41, 5.74) is 2.18. The second-order valence-corrected chi connectivity index (χ2v) is 3.96. The van der Waals surface area contributed by atoms with E-state index in [0.29, 0.717) is 0 Å². The largest absolute Gasteiger partial charge is 0.389 e. The summed E-state index contributed by atoms with van der Waals surface area (Å²) < 4.78 is 62.3. The molecule has 0 aliphatic heterocycles. The normalized spacial score (nSPS) is 13.7. The van der Waals surface area contributed by atoms with Gasteiger partial charge in [-0.1, -0.05) is 0 Å². The molecule has 0 radical (unpaired) electrons. The van der Waals surface area contributed by atoms with Crippen molar-refractivity contribution in [1.29, 1.82) is 0 Å². The molecule has 1 rings (SSSR count). The van der Waals surface area contributed by atoms with E-state index in [0.717, 1.165) is 18.2 Å². The fourth-order valence-electron chi connectivity index (χ4n) is 1.55. The van der Waals surface area contributed by atoms with E-state index in [-0.39, 0.29) is 18.4 Å². The molecule has 1 aromatic rings. The van der Waals surface area contributed by atoms with Crippen LogP contribution >= 0.6 is 0 Å². The van der Waals surface area contributed by atoms with Gasteiger partial charge in [0.25, 0.3) is 0 Å². The third-order valence-corrected chi connectivity index (χ3v) is 2.49. The van der Waals surface area contributed by atoms with Crippen LogP contribution in [0.1, 0.15) is 18.4 Å². The van der Waals surface area contributed by atoms with E-state index in [1.54, 1.807) is 0 Å². The first kappa shape index (κ1) is 14.8. The van der Waals surface area contributed by atoms with Crippen molar-refractivity contribution in [1.82, 2.24) is 5.43 Å². The third-order valence-electron chi connectivity index (χ3n) is 2.49. The maximum absolute atomic E-state index is 13.3. The summed E-state index contributed by atoms with van der Waals surface area (Å²) in [6.45, 7) is 0. The molecule has 0 heterocycles. The Kier molecular flexibility index (Phi) is 5.03. The summed E-state index contributed by atoms with van der Waals surface area (Å²) in [6, 6.07) is 2.07. The van der Waals surface area contributed by atoms with Crippen LogP contribution in [0.15, 0.2) is 18.2 Å². The van der Waals surface area contributed by atoms with Crippen molar-refractivity contribution in [3.8, 4) is 0 Å². The van der Waals surface area contributed by atoms with Crippen LogP contribution in [0.25, 0.3) is 0 Å². The average Bonchev–Trinajstić information content (AvgIpc) is 2.27. The molecule has 0 aliphatic rings. The maximum Gasteiger partial charge on any atom is 0.389 e. The van der Waals surface area contributed by atoms with Gasteiger partial charge in [0.15, 0.2) is 0 Å². The molecule has 1 atom stereocenters. The topological polar surface area (TPSA) is 38.0 Å². The van der Waals surface area contributed by atoms with Crippen molar-refractivity contribution in [3.63, 3.8) is 0 Å². The van der Waals surface area contributed by atoms with Crippen molar-refractivity contribution in [2.75, 3.05) is 0 Å². The van der Waals surface area contributed by atoms with Crippen LogP contribution in [0.3, 0.4) is 0 Å². The first-order valence-electron chi connectivity index (χ1n) is 5.28. The fraction of sp³-hybridized carbons (Fsp3) is 0.455. The van der Waals surface area contributed by atoms with E-state index < -0.39 is 30.3 Å². The number of alkyl halides is 3. The number of nitrogens with two attached hydrogens (primary N) is 1. The smallest absolute Gasteiger partial charge is 0.271 e. The monoisotopic (exact) mass is 268 g/mol. The molecular formula is C11H13F5N2. The molecule has 7 heteroatoms. The number of rotatable bonds is 5. The fourth-order valence-corrected chi connectivity index (χ4v) is 1.55. The standard InChI is InChI=1S/C11H13F5N2/c12-8-1-2-10(13)7(5-8)6-9(18-17)3-4-11(14,15)16/h1-2,5,9,18H,3-4,6,17H2. The number of hydrogen-bond acceptors (Lipinski definition) is 2. The number of hydrogen-bond donors (Lipinski definition) is 2. The van der Waals surface area contributed by atoms with Crippen LogP contribution in [0.4, 0.5) is 22.0 Å². The van der Waals surface area contributed by atoms with Gasteiger partial charge in [-0.3, -0.25) is 11.3 Å². The number of benzene rings is 1. The molecule has 18 heavy (non-hydrogen) atoms. The highest BCUT2D eigenvalue weighted by molar-refractivity contribution is 5.19. The predicted octanol–water partition coefficient (Wildman–Crippen LogP) is 2.68. The van der Waals surface area contributed by atoms with E-state index in [1.807, 2.05) is 0 Å². The Morgan fingerprint density at radius 2 is 1.89 bits per heavy atom. The zero-order valence-electron chi connectivity index (χ0n) is 9.40. The van der Waals surface area contributed by atoms with Gasteiger partial charge in [0.2, 0.25) is 0 Å². The Balaban J connectivity index is 2.65. The van der Waals surface area contributed by atoms with Gasteiger partial charge in [-0.25, -0.2) is 8.78 Å². The molecule has 2 nitrogen and oxygen atoms in total. The Labute approximate surface area is 101 Å². The lowest BCUT2D eigenvalue weighted by atomic mass is 10.0. The Morgan fingerprint density at radius 1 is 1.22 bits per heavy atom. The van der Waals surface area contributed by atoms with E-state index in [2.05, 4.69) is 5.43 Å². The highest BCUT2D eigenvalue weighted by Crippen LogP contribution is 2.23. The zero-order chi connectivity index (χ0) is 13.8. The second kappa shape index (κ2) is 6.10. The lowest BCUT2D eigenvalue weighted by Gasteiger charge is -2.17. The molecule has 1 unspecified atom stereocenters. The number of halogens is 5. The van der Waals surface area contributed by atoms with Crippen LogP contribution < -0.4 is 11.3 Å². The first-order chi connectivity index (χ1) is 8.31. The molecule has 102 valence electrons. The summed E-state index contributed by atoms with van der Waals surface area (Å²) in [7, 11) is 0. The average molecular weight is 268 g/mol. The van der Waals surface area contributed by atoms with Gasteiger partial charge in [-0.15, -0.1) is 0 Å². The minimum absolute atomic E-state index is 0.000115. The van der Waals surface area contributed by atoms with Crippen molar-refractivity contribution in [2.45, 2.75) is 31.5 Å². The van der Waals surface area contributed by atoms with Gasteiger partial charge < -0.3 is 0 Å². The summed E-state index contributed by atoms with van der Waals surface area (Å²) in [6.07, 6.45) is -5.72. The summed E-state index contributed by atoms with van der Waals surface area (Å²) >= 11 is 0. The molecular weight excluding hydrogens is 255 g/mol. The number of nitrogens with one attached hydrogen (secondary N) is 1. The van der Waals surface area contributed by atoms with E-state index in [9.17, 15) is 22.0 Å². The molecule has 0 amide bonds. The highest BCUT2D eigenvalue weighted by Gasteiger charge is 2.28. The Morgan fingerprint density at radius 3 is 2.44 bits per heavy atom. The Hall–Kier alpha value is -1.21. The minimum Gasteiger partial charge on any atom is -0.271 e. The lowest BCUT2D eigenvalue weighted by Crippen LogP contribution is -2.37. The molecule has 0 aromatic heterocycles. The molecule has 0 aliphatic carbocycles. The third kappa shape index (κ3) is 4.97. The van der Waals surface area contributed by atoms with Gasteiger partial charge in [0.05, 0.1) is 0 Å². The maximum atomic E-state index is 13.3. The van der Waals surface area contributed by atoms with Gasteiger partial charge in [0, 0.05) is 12.5 Å². The zero-order valence-corrected chi connectivity index (χ0v) is 9.40. The van der Waals surface area contributed by atoms with Crippen LogP contribution in [0, 0.1) is 11.6 Å². The van der Waals surface area contributed by atoms with Crippen LogP contribution in [0.2, 0.25) is 0 Å². The summed E-state index contributed by atoms with van der Waals surface area (Å²) in [5.74, 6) is 3.80. The van der Waals surface area contributed by atoms with Crippen molar-refractivity contribution >= 4 is 0 Å². The van der Waals surface area contributed by atoms with E-state index in [1.165, 1.54) is 0 Å². The molecule has 1 aromatic carbocycles. The van der Waals surface area contributed by atoms with Crippen molar-refractivity contribution < 1.29 is 22.0 Å².